The number of likely N-dealkylation sites (tertiary alicyclic amines) is 1. The summed E-state index contributed by atoms with van der Waals surface area (Å²) in [6.07, 6.45) is 5.40. The number of ether oxygens (including phenoxy) is 3. The summed E-state index contributed by atoms with van der Waals surface area (Å²) in [7, 11) is 5.65. The van der Waals surface area contributed by atoms with E-state index in [9.17, 15) is 0 Å². The second-order valence-electron chi connectivity index (χ2n) is 9.28. The van der Waals surface area contributed by atoms with Gasteiger partial charge in [-0.25, -0.2) is 0 Å². The first kappa shape index (κ1) is 26.5. The SMILES string of the molecule is C=C(/C=C1/CN(C)CC(c2ccc(OC)cc2)/C1=C/C)OCCCN1CCN(CCOC)CC1. The zero-order valence-electron chi connectivity index (χ0n) is 21.6. The lowest BCUT2D eigenvalue weighted by molar-refractivity contribution is 0.0919. The summed E-state index contributed by atoms with van der Waals surface area (Å²) in [5.74, 6) is 1.97. The van der Waals surface area contributed by atoms with E-state index in [0.717, 1.165) is 76.9 Å². The predicted octanol–water partition coefficient (Wildman–Crippen LogP) is 3.78. The van der Waals surface area contributed by atoms with Crippen molar-refractivity contribution in [3.63, 3.8) is 0 Å². The first-order chi connectivity index (χ1) is 16.5. The molecule has 2 aliphatic rings. The minimum absolute atomic E-state index is 0.330. The fourth-order valence-electron chi connectivity index (χ4n) is 4.90. The van der Waals surface area contributed by atoms with E-state index < -0.39 is 0 Å². The monoisotopic (exact) mass is 469 g/mol. The van der Waals surface area contributed by atoms with Crippen molar-refractivity contribution < 1.29 is 14.2 Å². The van der Waals surface area contributed by atoms with Crippen molar-refractivity contribution in [1.82, 2.24) is 14.7 Å². The van der Waals surface area contributed by atoms with Gasteiger partial charge >= 0.3 is 0 Å². The van der Waals surface area contributed by atoms with Crippen LogP contribution in [0.1, 0.15) is 24.8 Å². The number of hydrogen-bond donors (Lipinski definition) is 0. The Morgan fingerprint density at radius 3 is 2.32 bits per heavy atom. The van der Waals surface area contributed by atoms with Gasteiger partial charge in [-0.3, -0.25) is 4.90 Å². The molecule has 6 nitrogen and oxygen atoms in total. The topological polar surface area (TPSA) is 37.4 Å². The highest BCUT2D eigenvalue weighted by Crippen LogP contribution is 2.35. The maximum atomic E-state index is 6.02. The Morgan fingerprint density at radius 1 is 1.03 bits per heavy atom. The summed E-state index contributed by atoms with van der Waals surface area (Å²) in [4.78, 5) is 7.37. The van der Waals surface area contributed by atoms with E-state index in [1.54, 1.807) is 14.2 Å². The first-order valence-electron chi connectivity index (χ1n) is 12.5. The Balaban J connectivity index is 1.48. The van der Waals surface area contributed by atoms with Gasteiger partial charge in [-0.15, -0.1) is 0 Å². The van der Waals surface area contributed by atoms with Gasteiger partial charge in [-0.05, 0) is 55.3 Å². The van der Waals surface area contributed by atoms with Crippen LogP contribution in [-0.4, -0.2) is 102 Å². The fourth-order valence-corrected chi connectivity index (χ4v) is 4.90. The Hall–Kier alpha value is -2.12. The fraction of sp³-hybridized carbons (Fsp3) is 0.571. The number of benzene rings is 1. The maximum absolute atomic E-state index is 6.02. The molecule has 2 aliphatic heterocycles. The third-order valence-electron chi connectivity index (χ3n) is 6.83. The zero-order chi connectivity index (χ0) is 24.3. The van der Waals surface area contributed by atoms with Crippen LogP contribution in [0.25, 0.3) is 0 Å². The third-order valence-corrected chi connectivity index (χ3v) is 6.83. The smallest absolute Gasteiger partial charge is 0.118 e. The van der Waals surface area contributed by atoms with E-state index in [1.807, 2.05) is 12.1 Å². The van der Waals surface area contributed by atoms with E-state index >= 15 is 0 Å². The average molecular weight is 470 g/mol. The van der Waals surface area contributed by atoms with Gasteiger partial charge in [0, 0.05) is 65.4 Å². The molecule has 3 rings (SSSR count). The summed E-state index contributed by atoms with van der Waals surface area (Å²) in [6, 6.07) is 8.43. The molecular formula is C28H43N3O3. The van der Waals surface area contributed by atoms with Crippen LogP contribution in [0.3, 0.4) is 0 Å². The molecule has 0 N–H and O–H groups in total. The quantitative estimate of drug-likeness (QED) is 0.363. The van der Waals surface area contributed by atoms with Crippen LogP contribution in [0.15, 0.2) is 59.9 Å². The molecule has 0 radical (unpaired) electrons. The van der Waals surface area contributed by atoms with Gasteiger partial charge in [0.05, 0.1) is 20.3 Å². The van der Waals surface area contributed by atoms with Gasteiger partial charge in [-0.2, -0.15) is 0 Å². The molecule has 0 aromatic heterocycles. The van der Waals surface area contributed by atoms with E-state index in [0.29, 0.717) is 12.5 Å². The van der Waals surface area contributed by atoms with Crippen LogP contribution in [0.2, 0.25) is 0 Å². The Morgan fingerprint density at radius 2 is 1.71 bits per heavy atom. The Labute approximate surface area is 206 Å². The molecule has 1 atom stereocenters. The maximum Gasteiger partial charge on any atom is 0.118 e. The van der Waals surface area contributed by atoms with Crippen molar-refractivity contribution in [2.45, 2.75) is 19.3 Å². The van der Waals surface area contributed by atoms with Gasteiger partial charge in [0.2, 0.25) is 0 Å². The molecule has 1 aromatic carbocycles. The Kier molecular flexibility index (Phi) is 10.7. The number of hydrogen-bond acceptors (Lipinski definition) is 6. The minimum atomic E-state index is 0.330. The van der Waals surface area contributed by atoms with Crippen LogP contribution in [0, 0.1) is 0 Å². The molecule has 2 heterocycles. The molecular weight excluding hydrogens is 426 g/mol. The number of nitrogens with zero attached hydrogens (tertiary/aromatic N) is 3. The summed E-state index contributed by atoms with van der Waals surface area (Å²) < 4.78 is 16.5. The van der Waals surface area contributed by atoms with Gasteiger partial charge in [0.15, 0.2) is 0 Å². The molecule has 34 heavy (non-hydrogen) atoms. The van der Waals surface area contributed by atoms with Crippen molar-refractivity contribution in [3.8, 4) is 5.75 Å². The van der Waals surface area contributed by atoms with E-state index in [1.165, 1.54) is 16.7 Å². The molecule has 0 saturated carbocycles. The number of methoxy groups -OCH3 is 2. The van der Waals surface area contributed by atoms with Crippen molar-refractivity contribution in [3.05, 3.63) is 65.5 Å². The summed E-state index contributed by atoms with van der Waals surface area (Å²) >= 11 is 0. The van der Waals surface area contributed by atoms with Crippen LogP contribution in [-0.2, 0) is 9.47 Å². The molecule has 0 amide bonds. The molecule has 0 aliphatic carbocycles. The van der Waals surface area contributed by atoms with Crippen molar-refractivity contribution in [1.29, 1.82) is 0 Å². The van der Waals surface area contributed by atoms with Gasteiger partial charge in [0.1, 0.15) is 11.5 Å². The standard InChI is InChI=1S/C28H43N3O3/c1-6-27-25(21-29(3)22-28(27)24-8-10-26(33-5)11-9-24)20-23(2)34-18-7-12-30-13-15-31(16-14-30)17-19-32-4/h6,8-11,20,28H,2,7,12-19,21-22H2,1,3-5H3/b25-20-,27-6+. The minimum Gasteiger partial charge on any atom is -0.497 e. The lowest BCUT2D eigenvalue weighted by Crippen LogP contribution is -2.47. The molecule has 2 saturated heterocycles. The molecule has 1 aromatic rings. The second kappa shape index (κ2) is 13.7. The van der Waals surface area contributed by atoms with E-state index in [2.05, 4.69) is 59.5 Å². The average Bonchev–Trinajstić information content (AvgIpc) is 2.86. The molecule has 6 heteroatoms. The zero-order valence-corrected chi connectivity index (χ0v) is 21.6. The van der Waals surface area contributed by atoms with E-state index in [4.69, 9.17) is 14.2 Å². The number of piperazine rings is 1. The normalized spacial score (nSPS) is 22.9. The summed E-state index contributed by atoms with van der Waals surface area (Å²) in [5.41, 5.74) is 3.95. The molecule has 1 unspecified atom stereocenters. The van der Waals surface area contributed by atoms with Crippen LogP contribution in [0.4, 0.5) is 0 Å². The summed E-state index contributed by atoms with van der Waals surface area (Å²) in [6.45, 7) is 16.3. The van der Waals surface area contributed by atoms with Crippen LogP contribution >= 0.6 is 0 Å². The lowest BCUT2D eigenvalue weighted by Gasteiger charge is -2.35. The number of allylic oxidation sites excluding steroid dienone is 2. The molecule has 0 bridgehead atoms. The molecule has 0 spiro atoms. The van der Waals surface area contributed by atoms with Gasteiger partial charge in [0.25, 0.3) is 0 Å². The highest BCUT2D eigenvalue weighted by atomic mass is 16.5. The number of rotatable bonds is 11. The molecule has 2 fully saturated rings. The number of likely N-dealkylation sites (N-methyl/N-ethyl adjacent to an activating group) is 1. The summed E-state index contributed by atoms with van der Waals surface area (Å²) in [5, 5.41) is 0. The third kappa shape index (κ3) is 7.70. The van der Waals surface area contributed by atoms with Crippen LogP contribution in [0.5, 0.6) is 5.75 Å². The lowest BCUT2D eigenvalue weighted by atomic mass is 9.82. The van der Waals surface area contributed by atoms with Crippen molar-refractivity contribution >= 4 is 0 Å². The van der Waals surface area contributed by atoms with Crippen molar-refractivity contribution in [2.75, 3.05) is 86.8 Å². The first-order valence-corrected chi connectivity index (χ1v) is 12.5. The highest BCUT2D eigenvalue weighted by Gasteiger charge is 2.27. The van der Waals surface area contributed by atoms with Crippen LogP contribution < -0.4 is 4.74 Å². The predicted molar refractivity (Wildman–Crippen MR) is 140 cm³/mol. The van der Waals surface area contributed by atoms with Gasteiger partial charge in [-0.1, -0.05) is 24.8 Å². The van der Waals surface area contributed by atoms with Gasteiger partial charge < -0.3 is 24.0 Å². The van der Waals surface area contributed by atoms with E-state index in [-0.39, 0.29) is 0 Å². The Bertz CT molecular complexity index is 826. The molecule has 188 valence electrons. The largest absolute Gasteiger partial charge is 0.497 e. The second-order valence-corrected chi connectivity index (χ2v) is 9.28. The highest BCUT2D eigenvalue weighted by molar-refractivity contribution is 5.47. The van der Waals surface area contributed by atoms with Crippen molar-refractivity contribution in [2.24, 2.45) is 0 Å². The number of piperidine rings is 1.